The van der Waals surface area contributed by atoms with Crippen molar-refractivity contribution in [3.63, 3.8) is 0 Å². The Balaban J connectivity index is 2.94. The Morgan fingerprint density at radius 2 is 1.57 bits per heavy atom. The summed E-state index contributed by atoms with van der Waals surface area (Å²) in [6, 6.07) is 6.75. The summed E-state index contributed by atoms with van der Waals surface area (Å²) in [5, 5.41) is 0. The number of aryl methyl sites for hydroxylation is 2. The van der Waals surface area contributed by atoms with Crippen molar-refractivity contribution in [1.29, 1.82) is 0 Å². The molecule has 0 saturated carbocycles. The smallest absolute Gasteiger partial charge is 0.00458 e. The average Bonchev–Trinajstić information content (AvgIpc) is 2.14. The van der Waals surface area contributed by atoms with E-state index in [1.54, 1.807) is 0 Å². The second kappa shape index (κ2) is 4.61. The maximum atomic E-state index is 5.69. The van der Waals surface area contributed by atoms with E-state index < -0.39 is 0 Å². The molecule has 0 spiro atoms. The number of benzene rings is 1. The fraction of sp³-hybridized carbons (Fsp3) is 0.538. The molecular formula is C13H21N. The Kier molecular flexibility index (Phi) is 3.70. The lowest BCUT2D eigenvalue weighted by Gasteiger charge is -2.19. The zero-order valence-electron chi connectivity index (χ0n) is 9.67. The molecule has 1 aromatic rings. The zero-order valence-corrected chi connectivity index (χ0v) is 9.67. The second-order valence-corrected chi connectivity index (χ2v) is 4.42. The quantitative estimate of drug-likeness (QED) is 0.781. The molecule has 0 amide bonds. The summed E-state index contributed by atoms with van der Waals surface area (Å²) in [6.07, 6.45) is 0. The van der Waals surface area contributed by atoms with Gasteiger partial charge in [0.25, 0.3) is 0 Å². The molecule has 14 heavy (non-hydrogen) atoms. The maximum absolute atomic E-state index is 5.69. The predicted octanol–water partition coefficient (Wildman–Crippen LogP) is 3.00. The first kappa shape index (κ1) is 11.3. The van der Waals surface area contributed by atoms with Crippen LogP contribution in [0.2, 0.25) is 0 Å². The van der Waals surface area contributed by atoms with Crippen LogP contribution in [-0.4, -0.2) is 6.54 Å². The van der Waals surface area contributed by atoms with Gasteiger partial charge in [-0.3, -0.25) is 0 Å². The first-order valence-electron chi connectivity index (χ1n) is 5.33. The third-order valence-corrected chi connectivity index (χ3v) is 3.00. The van der Waals surface area contributed by atoms with Gasteiger partial charge in [0.15, 0.2) is 0 Å². The van der Waals surface area contributed by atoms with Gasteiger partial charge in [-0.05, 0) is 37.8 Å². The molecule has 0 heterocycles. The standard InChI is InChI=1S/C13H21N/c1-9-5-10(2)7-13(6-9)12(4)11(3)8-14/h5-7,11-12H,8,14H2,1-4H3. The molecular weight excluding hydrogens is 170 g/mol. The molecule has 1 rings (SSSR count). The second-order valence-electron chi connectivity index (χ2n) is 4.42. The largest absolute Gasteiger partial charge is 0.330 e. The molecule has 0 aliphatic carbocycles. The van der Waals surface area contributed by atoms with E-state index in [4.69, 9.17) is 5.73 Å². The third-order valence-electron chi connectivity index (χ3n) is 3.00. The van der Waals surface area contributed by atoms with Crippen LogP contribution < -0.4 is 5.73 Å². The average molecular weight is 191 g/mol. The van der Waals surface area contributed by atoms with E-state index in [1.165, 1.54) is 16.7 Å². The molecule has 0 aromatic heterocycles. The topological polar surface area (TPSA) is 26.0 Å². The van der Waals surface area contributed by atoms with Crippen molar-refractivity contribution < 1.29 is 0 Å². The minimum Gasteiger partial charge on any atom is -0.330 e. The third kappa shape index (κ3) is 2.58. The number of nitrogens with two attached hydrogens (primary N) is 1. The summed E-state index contributed by atoms with van der Waals surface area (Å²) < 4.78 is 0. The lowest BCUT2D eigenvalue weighted by molar-refractivity contribution is 0.498. The van der Waals surface area contributed by atoms with Gasteiger partial charge in [-0.2, -0.15) is 0 Å². The fourth-order valence-electron chi connectivity index (χ4n) is 1.81. The molecule has 0 saturated heterocycles. The van der Waals surface area contributed by atoms with E-state index in [-0.39, 0.29) is 0 Å². The Morgan fingerprint density at radius 3 is 2.00 bits per heavy atom. The first-order chi connectivity index (χ1) is 6.54. The number of rotatable bonds is 3. The van der Waals surface area contributed by atoms with Crippen molar-refractivity contribution in [2.24, 2.45) is 11.7 Å². The highest BCUT2D eigenvalue weighted by Crippen LogP contribution is 2.24. The lowest BCUT2D eigenvalue weighted by Crippen LogP contribution is -2.17. The van der Waals surface area contributed by atoms with E-state index in [1.807, 2.05) is 0 Å². The van der Waals surface area contributed by atoms with Crippen LogP contribution in [0.1, 0.15) is 36.5 Å². The summed E-state index contributed by atoms with van der Waals surface area (Å²) >= 11 is 0. The monoisotopic (exact) mass is 191 g/mol. The van der Waals surface area contributed by atoms with E-state index in [0.717, 1.165) is 6.54 Å². The summed E-state index contributed by atoms with van der Waals surface area (Å²) in [6.45, 7) is 9.52. The van der Waals surface area contributed by atoms with Gasteiger partial charge in [0.2, 0.25) is 0 Å². The minimum absolute atomic E-state index is 0.552. The SMILES string of the molecule is Cc1cc(C)cc(C(C)C(C)CN)c1. The van der Waals surface area contributed by atoms with Gasteiger partial charge in [-0.15, -0.1) is 0 Å². The van der Waals surface area contributed by atoms with Crippen LogP contribution in [-0.2, 0) is 0 Å². The van der Waals surface area contributed by atoms with Gasteiger partial charge >= 0.3 is 0 Å². The summed E-state index contributed by atoms with van der Waals surface area (Å²) in [5.74, 6) is 1.11. The Bertz CT molecular complexity index is 284. The van der Waals surface area contributed by atoms with Crippen molar-refractivity contribution in [2.75, 3.05) is 6.54 Å². The Labute approximate surface area is 87.3 Å². The number of hydrogen-bond donors (Lipinski definition) is 1. The molecule has 1 aromatic carbocycles. The molecule has 1 heteroatoms. The minimum atomic E-state index is 0.552. The molecule has 0 aliphatic heterocycles. The van der Waals surface area contributed by atoms with Crippen LogP contribution in [0, 0.1) is 19.8 Å². The molecule has 0 radical (unpaired) electrons. The van der Waals surface area contributed by atoms with Gasteiger partial charge < -0.3 is 5.73 Å². The highest BCUT2D eigenvalue weighted by Gasteiger charge is 2.12. The van der Waals surface area contributed by atoms with E-state index >= 15 is 0 Å². The zero-order chi connectivity index (χ0) is 10.7. The summed E-state index contributed by atoms with van der Waals surface area (Å²) in [7, 11) is 0. The maximum Gasteiger partial charge on any atom is -0.00458 e. The molecule has 2 atom stereocenters. The Morgan fingerprint density at radius 1 is 1.07 bits per heavy atom. The van der Waals surface area contributed by atoms with Crippen LogP contribution in [0.3, 0.4) is 0 Å². The van der Waals surface area contributed by atoms with Gasteiger partial charge in [0.1, 0.15) is 0 Å². The Hall–Kier alpha value is -0.820. The van der Waals surface area contributed by atoms with Crippen LogP contribution in [0.15, 0.2) is 18.2 Å². The fourth-order valence-corrected chi connectivity index (χ4v) is 1.81. The normalized spacial score (nSPS) is 15.2. The van der Waals surface area contributed by atoms with E-state index in [0.29, 0.717) is 11.8 Å². The summed E-state index contributed by atoms with van der Waals surface area (Å²) in [5.41, 5.74) is 9.79. The van der Waals surface area contributed by atoms with Crippen LogP contribution in [0.5, 0.6) is 0 Å². The van der Waals surface area contributed by atoms with Crippen molar-refractivity contribution in [1.82, 2.24) is 0 Å². The van der Waals surface area contributed by atoms with Gasteiger partial charge in [0, 0.05) is 0 Å². The van der Waals surface area contributed by atoms with Crippen molar-refractivity contribution in [2.45, 2.75) is 33.6 Å². The number of hydrogen-bond acceptors (Lipinski definition) is 1. The van der Waals surface area contributed by atoms with Crippen LogP contribution in [0.4, 0.5) is 0 Å². The van der Waals surface area contributed by atoms with Crippen molar-refractivity contribution in [3.05, 3.63) is 34.9 Å². The molecule has 1 nitrogen and oxygen atoms in total. The highest BCUT2D eigenvalue weighted by atomic mass is 14.5. The highest BCUT2D eigenvalue weighted by molar-refractivity contribution is 5.30. The summed E-state index contributed by atoms with van der Waals surface area (Å²) in [4.78, 5) is 0. The molecule has 0 aliphatic rings. The van der Waals surface area contributed by atoms with Crippen molar-refractivity contribution >= 4 is 0 Å². The predicted molar refractivity (Wildman–Crippen MR) is 62.5 cm³/mol. The van der Waals surface area contributed by atoms with Gasteiger partial charge in [-0.1, -0.05) is 43.2 Å². The van der Waals surface area contributed by atoms with Crippen LogP contribution >= 0.6 is 0 Å². The molecule has 0 bridgehead atoms. The first-order valence-corrected chi connectivity index (χ1v) is 5.33. The lowest BCUT2D eigenvalue weighted by atomic mass is 9.87. The van der Waals surface area contributed by atoms with Crippen molar-refractivity contribution in [3.8, 4) is 0 Å². The van der Waals surface area contributed by atoms with E-state index in [2.05, 4.69) is 45.9 Å². The van der Waals surface area contributed by atoms with Gasteiger partial charge in [-0.25, -0.2) is 0 Å². The molecule has 78 valence electrons. The van der Waals surface area contributed by atoms with E-state index in [9.17, 15) is 0 Å². The van der Waals surface area contributed by atoms with Gasteiger partial charge in [0.05, 0.1) is 0 Å². The van der Waals surface area contributed by atoms with Crippen LogP contribution in [0.25, 0.3) is 0 Å². The molecule has 0 fully saturated rings. The molecule has 2 N–H and O–H groups in total. The molecule has 2 unspecified atom stereocenters.